The quantitative estimate of drug-likeness (QED) is 0.749. The Morgan fingerprint density at radius 3 is 2.67 bits per heavy atom. The minimum absolute atomic E-state index is 0.0302. The number of H-pyrrole nitrogens is 1. The number of ether oxygens (including phenoxy) is 1. The minimum atomic E-state index is -0.226. The highest BCUT2D eigenvalue weighted by Gasteiger charge is 2.24. The number of aromatic nitrogens is 1. The summed E-state index contributed by atoms with van der Waals surface area (Å²) in [6.45, 7) is 2.23. The first-order chi connectivity index (χ1) is 11.7. The van der Waals surface area contributed by atoms with Gasteiger partial charge in [-0.15, -0.1) is 0 Å². The van der Waals surface area contributed by atoms with Crippen molar-refractivity contribution < 1.29 is 9.53 Å². The smallest absolute Gasteiger partial charge is 0.224 e. The first-order valence-corrected chi connectivity index (χ1v) is 8.63. The van der Waals surface area contributed by atoms with Crippen LogP contribution in [0.3, 0.4) is 0 Å². The number of hydrogen-bond donors (Lipinski definition) is 1. The zero-order valence-corrected chi connectivity index (χ0v) is 14.0. The van der Waals surface area contributed by atoms with E-state index in [1.165, 1.54) is 18.9 Å². The van der Waals surface area contributed by atoms with Crippen LogP contribution in [0.2, 0.25) is 0 Å². The maximum atomic E-state index is 12.6. The van der Waals surface area contributed by atoms with Crippen molar-refractivity contribution in [2.24, 2.45) is 5.92 Å². The zero-order chi connectivity index (χ0) is 16.9. The lowest BCUT2D eigenvalue weighted by Crippen LogP contribution is -2.17. The summed E-state index contributed by atoms with van der Waals surface area (Å²) in [7, 11) is 0. The molecule has 126 valence electrons. The first kappa shape index (κ1) is 16.5. The lowest BCUT2D eigenvalue weighted by Gasteiger charge is -2.12. The topological polar surface area (TPSA) is 59.2 Å². The monoisotopic (exact) mass is 325 g/mol. The molecule has 0 aliphatic heterocycles. The number of aryl methyl sites for hydroxylation is 1. The Hall–Kier alpha value is -2.36. The van der Waals surface area contributed by atoms with Gasteiger partial charge in [0.05, 0.1) is 0 Å². The fourth-order valence-electron chi connectivity index (χ4n) is 2.73. The van der Waals surface area contributed by atoms with E-state index in [0.717, 1.165) is 17.7 Å². The number of pyridine rings is 1. The van der Waals surface area contributed by atoms with Crippen molar-refractivity contribution in [3.8, 4) is 5.75 Å². The number of carbonyl (C=O) groups excluding carboxylic acids is 1. The number of benzene rings is 1. The molecule has 4 nitrogen and oxygen atoms in total. The van der Waals surface area contributed by atoms with Gasteiger partial charge in [-0.2, -0.15) is 0 Å². The minimum Gasteiger partial charge on any atom is -0.483 e. The van der Waals surface area contributed by atoms with E-state index >= 15 is 0 Å². The third-order valence-electron chi connectivity index (χ3n) is 4.40. The molecule has 1 aliphatic rings. The molecule has 0 atom stereocenters. The van der Waals surface area contributed by atoms with Gasteiger partial charge in [0.25, 0.3) is 0 Å². The predicted octanol–water partition coefficient (Wildman–Crippen LogP) is 3.89. The van der Waals surface area contributed by atoms with Crippen molar-refractivity contribution in [1.29, 1.82) is 0 Å². The Balaban J connectivity index is 1.82. The number of ketones is 1. The fraction of sp³-hybridized carbons (Fsp3) is 0.400. The number of rotatable bonds is 8. The van der Waals surface area contributed by atoms with E-state index < -0.39 is 0 Å². The van der Waals surface area contributed by atoms with E-state index in [4.69, 9.17) is 4.74 Å². The van der Waals surface area contributed by atoms with E-state index in [9.17, 15) is 9.59 Å². The zero-order valence-electron chi connectivity index (χ0n) is 14.0. The van der Waals surface area contributed by atoms with Crippen LogP contribution in [0, 0.1) is 5.92 Å². The molecule has 2 aromatic rings. The Morgan fingerprint density at radius 1 is 1.25 bits per heavy atom. The molecular weight excluding hydrogens is 302 g/mol. The molecule has 1 fully saturated rings. The Kier molecular flexibility index (Phi) is 5.14. The van der Waals surface area contributed by atoms with Gasteiger partial charge < -0.3 is 9.72 Å². The van der Waals surface area contributed by atoms with Gasteiger partial charge in [0.1, 0.15) is 12.3 Å². The van der Waals surface area contributed by atoms with Crippen molar-refractivity contribution in [2.75, 3.05) is 0 Å². The number of carbonyl (C=O) groups is 1. The van der Waals surface area contributed by atoms with Gasteiger partial charge in [-0.3, -0.25) is 9.59 Å². The standard InChI is InChI=1S/C20H23NO3/c1-2-16-12-18(23)20(24-13-15-6-4-3-5-7-15)19(21-16)17(22)11-10-14-8-9-14/h3-7,12,14H,2,8-11,13H2,1H3,(H,21,23). The summed E-state index contributed by atoms with van der Waals surface area (Å²) in [5.41, 5.74) is 1.84. The van der Waals surface area contributed by atoms with Crippen LogP contribution < -0.4 is 10.2 Å². The predicted molar refractivity (Wildman–Crippen MR) is 93.5 cm³/mol. The summed E-state index contributed by atoms with van der Waals surface area (Å²) < 4.78 is 5.73. The summed E-state index contributed by atoms with van der Waals surface area (Å²) >= 11 is 0. The van der Waals surface area contributed by atoms with E-state index in [1.54, 1.807) is 0 Å². The van der Waals surface area contributed by atoms with Gasteiger partial charge >= 0.3 is 0 Å². The molecule has 24 heavy (non-hydrogen) atoms. The second kappa shape index (κ2) is 7.47. The van der Waals surface area contributed by atoms with Gasteiger partial charge in [-0.1, -0.05) is 50.1 Å². The van der Waals surface area contributed by atoms with Gasteiger partial charge in [-0.25, -0.2) is 0 Å². The normalized spacial score (nSPS) is 13.7. The highest BCUT2D eigenvalue weighted by Crippen LogP contribution is 2.34. The highest BCUT2D eigenvalue weighted by molar-refractivity contribution is 5.96. The Bertz CT molecular complexity index is 760. The van der Waals surface area contributed by atoms with Crippen molar-refractivity contribution in [1.82, 2.24) is 4.98 Å². The van der Waals surface area contributed by atoms with Crippen molar-refractivity contribution in [2.45, 2.75) is 45.6 Å². The maximum absolute atomic E-state index is 12.6. The molecule has 1 aliphatic carbocycles. The number of Topliss-reactive ketones (excluding diaryl/α,β-unsaturated/α-hetero) is 1. The lowest BCUT2D eigenvalue weighted by molar-refractivity contribution is 0.0967. The highest BCUT2D eigenvalue weighted by atomic mass is 16.5. The second-order valence-electron chi connectivity index (χ2n) is 6.40. The first-order valence-electron chi connectivity index (χ1n) is 8.63. The molecule has 0 bridgehead atoms. The molecule has 3 rings (SSSR count). The number of nitrogens with one attached hydrogen (secondary N) is 1. The molecule has 0 saturated heterocycles. The van der Waals surface area contributed by atoms with Crippen LogP contribution in [-0.4, -0.2) is 10.8 Å². The van der Waals surface area contributed by atoms with Gasteiger partial charge in [0.2, 0.25) is 5.43 Å². The molecule has 0 unspecified atom stereocenters. The summed E-state index contributed by atoms with van der Waals surface area (Å²) in [6.07, 6.45) is 4.48. The molecule has 0 spiro atoms. The fourth-order valence-corrected chi connectivity index (χ4v) is 2.73. The van der Waals surface area contributed by atoms with Gasteiger partial charge in [0, 0.05) is 18.2 Å². The lowest BCUT2D eigenvalue weighted by atomic mass is 10.1. The van der Waals surface area contributed by atoms with Crippen LogP contribution in [0.25, 0.3) is 0 Å². The second-order valence-corrected chi connectivity index (χ2v) is 6.40. The van der Waals surface area contributed by atoms with E-state index in [2.05, 4.69) is 4.98 Å². The Labute approximate surface area is 141 Å². The molecule has 0 radical (unpaired) electrons. The van der Waals surface area contributed by atoms with E-state index in [-0.39, 0.29) is 23.6 Å². The largest absolute Gasteiger partial charge is 0.483 e. The van der Waals surface area contributed by atoms with Gasteiger partial charge in [0.15, 0.2) is 11.5 Å². The van der Waals surface area contributed by atoms with Crippen LogP contribution in [0.4, 0.5) is 0 Å². The SMILES string of the molecule is CCc1cc(=O)c(OCc2ccccc2)c(C(=O)CCC2CC2)[nH]1. The molecule has 1 N–H and O–H groups in total. The third kappa shape index (κ3) is 4.13. The summed E-state index contributed by atoms with van der Waals surface area (Å²) in [6, 6.07) is 11.2. The molecule has 4 heteroatoms. The molecule has 1 aromatic heterocycles. The summed E-state index contributed by atoms with van der Waals surface area (Å²) in [5, 5.41) is 0. The number of aromatic amines is 1. The molecule has 1 saturated carbocycles. The summed E-state index contributed by atoms with van der Waals surface area (Å²) in [4.78, 5) is 28.1. The third-order valence-corrected chi connectivity index (χ3v) is 4.40. The molecule has 0 amide bonds. The van der Waals surface area contributed by atoms with Crippen LogP contribution in [-0.2, 0) is 13.0 Å². The summed E-state index contributed by atoms with van der Waals surface area (Å²) in [5.74, 6) is 0.804. The Morgan fingerprint density at radius 2 is 2.00 bits per heavy atom. The van der Waals surface area contributed by atoms with Crippen molar-refractivity contribution in [3.63, 3.8) is 0 Å². The van der Waals surface area contributed by atoms with Crippen molar-refractivity contribution >= 4 is 5.78 Å². The molecule has 1 aromatic carbocycles. The number of hydrogen-bond acceptors (Lipinski definition) is 3. The molecular formula is C20H23NO3. The van der Waals surface area contributed by atoms with Crippen LogP contribution in [0.1, 0.15) is 54.4 Å². The van der Waals surface area contributed by atoms with Gasteiger partial charge in [-0.05, 0) is 24.3 Å². The van der Waals surface area contributed by atoms with Crippen LogP contribution >= 0.6 is 0 Å². The average Bonchev–Trinajstić information content (AvgIpc) is 3.43. The van der Waals surface area contributed by atoms with E-state index in [1.807, 2.05) is 37.3 Å². The van der Waals surface area contributed by atoms with Crippen LogP contribution in [0.15, 0.2) is 41.2 Å². The van der Waals surface area contributed by atoms with E-state index in [0.29, 0.717) is 24.5 Å². The van der Waals surface area contributed by atoms with Crippen molar-refractivity contribution in [3.05, 3.63) is 63.6 Å². The molecule has 1 heterocycles. The maximum Gasteiger partial charge on any atom is 0.224 e. The average molecular weight is 325 g/mol. The van der Waals surface area contributed by atoms with Crippen LogP contribution in [0.5, 0.6) is 5.75 Å².